The molecule has 0 bridgehead atoms. The fourth-order valence-corrected chi connectivity index (χ4v) is 4.37. The van der Waals surface area contributed by atoms with E-state index in [0.29, 0.717) is 17.4 Å². The van der Waals surface area contributed by atoms with Gasteiger partial charge in [-0.2, -0.15) is 13.2 Å². The van der Waals surface area contributed by atoms with Crippen molar-refractivity contribution in [2.75, 3.05) is 20.8 Å². The van der Waals surface area contributed by atoms with E-state index in [2.05, 4.69) is 9.71 Å². The summed E-state index contributed by atoms with van der Waals surface area (Å²) >= 11 is 0. The molecule has 2 aromatic heterocycles. The number of sulfonamides is 1. The van der Waals surface area contributed by atoms with E-state index in [0.717, 1.165) is 12.1 Å². The van der Waals surface area contributed by atoms with Crippen molar-refractivity contribution in [3.05, 3.63) is 64.7 Å². The molecule has 2 heterocycles. The first-order valence-corrected chi connectivity index (χ1v) is 11.2. The van der Waals surface area contributed by atoms with Gasteiger partial charge in [0.05, 0.1) is 28.9 Å². The van der Waals surface area contributed by atoms with Crippen LogP contribution in [-0.4, -0.2) is 43.3 Å². The molecule has 4 rings (SSSR count). The lowest BCUT2D eigenvalue weighted by atomic mass is 10.1. The van der Waals surface area contributed by atoms with E-state index in [4.69, 9.17) is 4.74 Å². The lowest BCUT2D eigenvalue weighted by Crippen LogP contribution is -2.23. The molecule has 33 heavy (non-hydrogen) atoms. The van der Waals surface area contributed by atoms with Crippen LogP contribution in [0.1, 0.15) is 5.56 Å². The molecule has 0 aliphatic rings. The quantitative estimate of drug-likeness (QED) is 0.458. The molecular formula is C21H19F3N4O4S. The Hall–Kier alpha value is -3.22. The van der Waals surface area contributed by atoms with Gasteiger partial charge in [-0.1, -0.05) is 0 Å². The molecule has 0 fully saturated rings. The number of halogens is 3. The van der Waals surface area contributed by atoms with Crippen molar-refractivity contribution < 1.29 is 26.3 Å². The molecule has 4 aromatic rings. The van der Waals surface area contributed by atoms with Gasteiger partial charge in [-0.25, -0.2) is 18.1 Å². The number of hydrogen-bond acceptors (Lipinski definition) is 5. The number of fused-ring (bicyclic) bond motifs is 3. The van der Waals surface area contributed by atoms with Gasteiger partial charge in [0.25, 0.3) is 5.56 Å². The number of pyridine rings is 1. The van der Waals surface area contributed by atoms with Crippen LogP contribution in [0.3, 0.4) is 0 Å². The van der Waals surface area contributed by atoms with Crippen molar-refractivity contribution in [3.8, 4) is 5.69 Å². The van der Waals surface area contributed by atoms with Crippen LogP contribution in [-0.2, 0) is 27.5 Å². The van der Waals surface area contributed by atoms with Crippen molar-refractivity contribution in [1.82, 2.24) is 18.8 Å². The average Bonchev–Trinajstić information content (AvgIpc) is 3.22. The fraction of sp³-hybridized carbons (Fsp3) is 0.238. The predicted molar refractivity (Wildman–Crippen MR) is 116 cm³/mol. The maximum atomic E-state index is 13.5. The Morgan fingerprint density at radius 3 is 2.42 bits per heavy atom. The molecular weight excluding hydrogens is 461 g/mol. The fourth-order valence-electron chi connectivity index (χ4n) is 3.62. The van der Waals surface area contributed by atoms with Crippen molar-refractivity contribution in [3.63, 3.8) is 0 Å². The van der Waals surface area contributed by atoms with Crippen LogP contribution >= 0.6 is 0 Å². The summed E-state index contributed by atoms with van der Waals surface area (Å²) in [5, 5.41) is 0.358. The summed E-state index contributed by atoms with van der Waals surface area (Å²) in [6, 6.07) is 8.32. The standard InChI is InChI=1S/C21H19F3N4O4S/c1-25-33(30,31)15-7-8-17-16(11-15)18-19(27(12-26-18)9-10-32-2)20(29)28(17)14-5-3-13(4-6-14)21(22,23)24/h3-8,11-12,25H,9-10H2,1-2H3. The number of alkyl halides is 3. The Balaban J connectivity index is 2.07. The zero-order valence-electron chi connectivity index (χ0n) is 17.5. The number of ether oxygens (including phenoxy) is 1. The number of nitrogens with one attached hydrogen (secondary N) is 1. The Labute approximate surface area is 186 Å². The number of methoxy groups -OCH3 is 1. The summed E-state index contributed by atoms with van der Waals surface area (Å²) in [7, 11) is -1.01. The Morgan fingerprint density at radius 1 is 1.12 bits per heavy atom. The summed E-state index contributed by atoms with van der Waals surface area (Å²) in [4.78, 5) is 17.8. The first-order chi connectivity index (χ1) is 15.6. The lowest BCUT2D eigenvalue weighted by molar-refractivity contribution is -0.137. The predicted octanol–water partition coefficient (Wildman–Crippen LogP) is 2.91. The molecule has 8 nitrogen and oxygen atoms in total. The molecule has 0 spiro atoms. The highest BCUT2D eigenvalue weighted by atomic mass is 32.2. The molecule has 0 saturated carbocycles. The minimum atomic E-state index is -4.52. The van der Waals surface area contributed by atoms with E-state index in [9.17, 15) is 26.4 Å². The van der Waals surface area contributed by atoms with E-state index in [1.807, 2.05) is 0 Å². The second-order valence-corrected chi connectivity index (χ2v) is 9.09. The lowest BCUT2D eigenvalue weighted by Gasteiger charge is -2.14. The number of nitrogens with zero attached hydrogens (tertiary/aromatic N) is 3. The van der Waals surface area contributed by atoms with Gasteiger partial charge in [-0.15, -0.1) is 0 Å². The van der Waals surface area contributed by atoms with Crippen LogP contribution in [0.15, 0.2) is 58.5 Å². The van der Waals surface area contributed by atoms with Crippen LogP contribution in [0.5, 0.6) is 0 Å². The molecule has 12 heteroatoms. The number of benzene rings is 2. The van der Waals surface area contributed by atoms with Gasteiger partial charge in [-0.05, 0) is 49.5 Å². The monoisotopic (exact) mass is 480 g/mol. The third-order valence-corrected chi connectivity index (χ3v) is 6.69. The summed E-state index contributed by atoms with van der Waals surface area (Å²) < 4.78 is 73.9. The minimum Gasteiger partial charge on any atom is -0.383 e. The highest BCUT2D eigenvalue weighted by Gasteiger charge is 2.30. The molecule has 0 unspecified atom stereocenters. The normalized spacial score (nSPS) is 12.6. The van der Waals surface area contributed by atoms with Crippen LogP contribution in [0, 0.1) is 0 Å². The van der Waals surface area contributed by atoms with E-state index in [1.54, 1.807) is 4.57 Å². The number of hydrogen-bond donors (Lipinski definition) is 1. The zero-order valence-corrected chi connectivity index (χ0v) is 18.4. The molecule has 174 valence electrons. The number of rotatable bonds is 6. The summed E-state index contributed by atoms with van der Waals surface area (Å²) in [6.45, 7) is 0.590. The molecule has 0 saturated heterocycles. The van der Waals surface area contributed by atoms with E-state index in [1.165, 1.54) is 55.4 Å². The van der Waals surface area contributed by atoms with Gasteiger partial charge in [0.2, 0.25) is 10.0 Å². The third kappa shape index (κ3) is 4.01. The summed E-state index contributed by atoms with van der Waals surface area (Å²) in [5.74, 6) is 0. The second-order valence-electron chi connectivity index (χ2n) is 7.20. The SMILES string of the molecule is CNS(=O)(=O)c1ccc2c(c1)c1ncn(CCOC)c1c(=O)n2-c1ccc(C(F)(F)F)cc1. The van der Waals surface area contributed by atoms with Crippen LogP contribution < -0.4 is 10.3 Å². The number of aromatic nitrogens is 3. The minimum absolute atomic E-state index is 0.0390. The Bertz CT molecular complexity index is 1510. The van der Waals surface area contributed by atoms with Crippen LogP contribution in [0.2, 0.25) is 0 Å². The highest BCUT2D eigenvalue weighted by Crippen LogP contribution is 2.31. The number of imidazole rings is 1. The molecule has 0 radical (unpaired) electrons. The molecule has 2 aromatic carbocycles. The van der Waals surface area contributed by atoms with Gasteiger partial charge >= 0.3 is 6.18 Å². The van der Waals surface area contributed by atoms with Crippen molar-refractivity contribution >= 4 is 32.0 Å². The highest BCUT2D eigenvalue weighted by molar-refractivity contribution is 7.89. The molecule has 0 amide bonds. The van der Waals surface area contributed by atoms with Crippen molar-refractivity contribution in [2.24, 2.45) is 0 Å². The van der Waals surface area contributed by atoms with Gasteiger partial charge in [0.1, 0.15) is 11.0 Å². The smallest absolute Gasteiger partial charge is 0.383 e. The molecule has 0 aliphatic heterocycles. The molecule has 0 aliphatic carbocycles. The molecule has 0 atom stereocenters. The summed E-state index contributed by atoms with van der Waals surface area (Å²) in [6.07, 6.45) is -3.08. The van der Waals surface area contributed by atoms with Gasteiger partial charge in [0.15, 0.2) is 0 Å². The van der Waals surface area contributed by atoms with E-state index >= 15 is 0 Å². The average molecular weight is 480 g/mol. The van der Waals surface area contributed by atoms with Crippen molar-refractivity contribution in [1.29, 1.82) is 0 Å². The molecule has 1 N–H and O–H groups in total. The largest absolute Gasteiger partial charge is 0.416 e. The topological polar surface area (TPSA) is 95.2 Å². The third-order valence-electron chi connectivity index (χ3n) is 5.28. The first kappa shape index (κ1) is 23.0. The second kappa shape index (κ2) is 8.28. The van der Waals surface area contributed by atoms with Gasteiger partial charge < -0.3 is 9.30 Å². The van der Waals surface area contributed by atoms with Crippen LogP contribution in [0.4, 0.5) is 13.2 Å². The Kier molecular flexibility index (Phi) is 5.76. The summed E-state index contributed by atoms with van der Waals surface area (Å²) in [5.41, 5.74) is -0.393. The van der Waals surface area contributed by atoms with Crippen LogP contribution in [0.25, 0.3) is 27.6 Å². The van der Waals surface area contributed by atoms with Gasteiger partial charge in [-0.3, -0.25) is 9.36 Å². The zero-order chi connectivity index (χ0) is 24.0. The van der Waals surface area contributed by atoms with E-state index in [-0.39, 0.29) is 28.2 Å². The maximum absolute atomic E-state index is 13.5. The van der Waals surface area contributed by atoms with E-state index < -0.39 is 27.3 Å². The maximum Gasteiger partial charge on any atom is 0.416 e. The van der Waals surface area contributed by atoms with Gasteiger partial charge in [0, 0.05) is 24.7 Å². The first-order valence-electron chi connectivity index (χ1n) is 9.72. The Morgan fingerprint density at radius 2 is 1.82 bits per heavy atom. The van der Waals surface area contributed by atoms with Crippen molar-refractivity contribution in [2.45, 2.75) is 17.6 Å².